The van der Waals surface area contributed by atoms with E-state index in [0.29, 0.717) is 30.5 Å². The molecule has 2 rings (SSSR count). The molecular formula is C11H14ClN5O. The molecule has 0 bridgehead atoms. The minimum atomic E-state index is -0.381. The van der Waals surface area contributed by atoms with Crippen molar-refractivity contribution in [3.63, 3.8) is 0 Å². The lowest BCUT2D eigenvalue weighted by Crippen LogP contribution is -2.41. The Bertz CT molecular complexity index is 461. The number of pyridine rings is 1. The first-order valence-corrected chi connectivity index (χ1v) is 5.96. The number of halogens is 1. The number of nitrogens with one attached hydrogen (secondary N) is 1. The van der Waals surface area contributed by atoms with Crippen molar-refractivity contribution in [2.45, 2.75) is 12.6 Å². The van der Waals surface area contributed by atoms with Gasteiger partial charge in [-0.25, -0.2) is 10.8 Å². The molecule has 2 heterocycles. The highest BCUT2D eigenvalue weighted by Crippen LogP contribution is 2.19. The number of nitrogens with two attached hydrogens (primary N) is 1. The number of anilines is 1. The summed E-state index contributed by atoms with van der Waals surface area (Å²) in [5, 5.41) is 9.43. The van der Waals surface area contributed by atoms with Gasteiger partial charge in [0.1, 0.15) is 5.82 Å². The molecule has 0 aromatic carbocycles. The normalized spacial score (nSPS) is 20.4. The van der Waals surface area contributed by atoms with E-state index in [9.17, 15) is 0 Å². The molecule has 1 saturated heterocycles. The summed E-state index contributed by atoms with van der Waals surface area (Å²) in [6.07, 6.45) is -0.381. The van der Waals surface area contributed by atoms with E-state index in [1.165, 1.54) is 0 Å². The average Bonchev–Trinajstić information content (AvgIpc) is 2.41. The molecule has 0 spiro atoms. The first-order valence-electron chi connectivity index (χ1n) is 5.58. The zero-order chi connectivity index (χ0) is 13.0. The van der Waals surface area contributed by atoms with Crippen LogP contribution in [0.25, 0.3) is 0 Å². The first-order chi connectivity index (χ1) is 8.72. The topological polar surface area (TPSA) is 87.2 Å². The molecule has 0 saturated carbocycles. The zero-order valence-corrected chi connectivity index (χ0v) is 10.5. The van der Waals surface area contributed by atoms with Crippen molar-refractivity contribution in [2.75, 3.05) is 25.1 Å². The van der Waals surface area contributed by atoms with E-state index in [1.807, 2.05) is 0 Å². The number of nitrogens with zero attached hydrogens (tertiary/aromatic N) is 3. The van der Waals surface area contributed by atoms with Crippen LogP contribution < -0.4 is 11.3 Å². The summed E-state index contributed by atoms with van der Waals surface area (Å²) in [5.41, 5.74) is 3.23. The predicted octanol–water partition coefficient (Wildman–Crippen LogP) is 0.745. The van der Waals surface area contributed by atoms with Crippen molar-refractivity contribution in [2.24, 2.45) is 5.84 Å². The third-order valence-electron chi connectivity index (χ3n) is 2.73. The second-order valence-corrected chi connectivity index (χ2v) is 4.40. The summed E-state index contributed by atoms with van der Waals surface area (Å²) in [5.74, 6) is 5.88. The van der Waals surface area contributed by atoms with Crippen molar-refractivity contribution < 1.29 is 4.74 Å². The Kier molecular flexibility index (Phi) is 4.33. The largest absolute Gasteiger partial charge is 0.361 e. The number of rotatable bonds is 3. The molecule has 1 atom stereocenters. The molecule has 1 aromatic rings. The van der Waals surface area contributed by atoms with E-state index in [-0.39, 0.29) is 6.10 Å². The molecule has 6 nitrogen and oxygen atoms in total. The van der Waals surface area contributed by atoms with Gasteiger partial charge in [-0.2, -0.15) is 5.26 Å². The van der Waals surface area contributed by atoms with Crippen molar-refractivity contribution >= 4 is 17.4 Å². The maximum Gasteiger partial charge on any atom is 0.156 e. The molecular weight excluding hydrogens is 254 g/mol. The molecule has 1 aromatic heterocycles. The van der Waals surface area contributed by atoms with Crippen molar-refractivity contribution in [1.82, 2.24) is 9.88 Å². The zero-order valence-electron chi connectivity index (χ0n) is 9.77. The van der Waals surface area contributed by atoms with Crippen LogP contribution in [-0.2, 0) is 11.3 Å². The number of ether oxygens (including phenoxy) is 1. The van der Waals surface area contributed by atoms with Gasteiger partial charge in [0.05, 0.1) is 23.4 Å². The minimum absolute atomic E-state index is 0.381. The minimum Gasteiger partial charge on any atom is -0.361 e. The van der Waals surface area contributed by atoms with Gasteiger partial charge >= 0.3 is 0 Å². The Hall–Kier alpha value is -1.39. The number of morpholine rings is 1. The van der Waals surface area contributed by atoms with Gasteiger partial charge in [-0.15, -0.1) is 0 Å². The van der Waals surface area contributed by atoms with Gasteiger partial charge in [-0.05, 0) is 12.1 Å². The Morgan fingerprint density at radius 1 is 1.67 bits per heavy atom. The Morgan fingerprint density at radius 2 is 2.50 bits per heavy atom. The fraction of sp³-hybridized carbons (Fsp3) is 0.455. The SMILES string of the molecule is N#CC1CN(Cc2nc(NN)ccc2Cl)CCO1. The van der Waals surface area contributed by atoms with E-state index in [2.05, 4.69) is 21.4 Å². The van der Waals surface area contributed by atoms with Crippen LogP contribution in [0.5, 0.6) is 0 Å². The molecule has 1 fully saturated rings. The molecule has 1 aliphatic heterocycles. The molecule has 96 valence electrons. The number of nitrogen functional groups attached to an aromatic ring is 1. The van der Waals surface area contributed by atoms with Crippen molar-refractivity contribution in [1.29, 1.82) is 5.26 Å². The van der Waals surface area contributed by atoms with Crippen LogP contribution in [0.1, 0.15) is 5.69 Å². The lowest BCUT2D eigenvalue weighted by Gasteiger charge is -2.29. The Labute approximate surface area is 110 Å². The van der Waals surface area contributed by atoms with Gasteiger partial charge in [0.2, 0.25) is 0 Å². The van der Waals surface area contributed by atoms with Crippen LogP contribution in [0, 0.1) is 11.3 Å². The van der Waals surface area contributed by atoms with Crippen LogP contribution >= 0.6 is 11.6 Å². The molecule has 18 heavy (non-hydrogen) atoms. The average molecular weight is 268 g/mol. The van der Waals surface area contributed by atoms with Gasteiger partial charge < -0.3 is 10.2 Å². The van der Waals surface area contributed by atoms with Crippen LogP contribution in [0.2, 0.25) is 5.02 Å². The second kappa shape index (κ2) is 5.98. The standard InChI is InChI=1S/C11H14ClN5O/c12-9-1-2-11(16-14)15-10(9)7-17-3-4-18-8(5-13)6-17/h1-2,8H,3-4,6-7,14H2,(H,15,16). The maximum atomic E-state index is 8.84. The lowest BCUT2D eigenvalue weighted by molar-refractivity contribution is -0.00309. The lowest BCUT2D eigenvalue weighted by atomic mass is 10.2. The molecule has 0 radical (unpaired) electrons. The van der Waals surface area contributed by atoms with Crippen LogP contribution in [0.3, 0.4) is 0 Å². The van der Waals surface area contributed by atoms with Crippen LogP contribution in [0.4, 0.5) is 5.82 Å². The van der Waals surface area contributed by atoms with Gasteiger partial charge in [-0.1, -0.05) is 11.6 Å². The van der Waals surface area contributed by atoms with Gasteiger partial charge in [0.15, 0.2) is 6.10 Å². The van der Waals surface area contributed by atoms with Crippen LogP contribution in [0.15, 0.2) is 12.1 Å². The number of hydrogen-bond acceptors (Lipinski definition) is 6. The number of nitriles is 1. The van der Waals surface area contributed by atoms with E-state index in [4.69, 9.17) is 27.4 Å². The summed E-state index contributed by atoms with van der Waals surface area (Å²) >= 11 is 6.09. The van der Waals surface area contributed by atoms with Gasteiger partial charge in [-0.3, -0.25) is 4.90 Å². The van der Waals surface area contributed by atoms with Crippen molar-refractivity contribution in [3.05, 3.63) is 22.8 Å². The number of aromatic nitrogens is 1. The second-order valence-electron chi connectivity index (χ2n) is 3.99. The highest BCUT2D eigenvalue weighted by Gasteiger charge is 2.21. The quantitative estimate of drug-likeness (QED) is 0.621. The molecule has 7 heteroatoms. The Morgan fingerprint density at radius 3 is 3.22 bits per heavy atom. The van der Waals surface area contributed by atoms with E-state index in [0.717, 1.165) is 12.2 Å². The predicted molar refractivity (Wildman–Crippen MR) is 67.7 cm³/mol. The smallest absolute Gasteiger partial charge is 0.156 e. The summed E-state index contributed by atoms with van der Waals surface area (Å²) in [6.45, 7) is 2.45. The third-order valence-corrected chi connectivity index (χ3v) is 3.08. The molecule has 1 aliphatic rings. The maximum absolute atomic E-state index is 8.84. The first kappa shape index (κ1) is 13.1. The fourth-order valence-corrected chi connectivity index (χ4v) is 1.98. The van der Waals surface area contributed by atoms with Gasteiger partial charge in [0, 0.05) is 19.6 Å². The fourth-order valence-electron chi connectivity index (χ4n) is 1.81. The highest BCUT2D eigenvalue weighted by molar-refractivity contribution is 6.31. The third kappa shape index (κ3) is 3.09. The summed E-state index contributed by atoms with van der Waals surface area (Å²) in [4.78, 5) is 6.39. The highest BCUT2D eigenvalue weighted by atomic mass is 35.5. The number of hydrazine groups is 1. The van der Waals surface area contributed by atoms with Crippen molar-refractivity contribution in [3.8, 4) is 6.07 Å². The molecule has 1 unspecified atom stereocenters. The monoisotopic (exact) mass is 267 g/mol. The molecule has 0 amide bonds. The Balaban J connectivity index is 2.06. The van der Waals surface area contributed by atoms with E-state index < -0.39 is 0 Å². The number of hydrogen-bond donors (Lipinski definition) is 2. The summed E-state index contributed by atoms with van der Waals surface area (Å²) in [6, 6.07) is 5.57. The summed E-state index contributed by atoms with van der Waals surface area (Å²) in [7, 11) is 0. The summed E-state index contributed by atoms with van der Waals surface area (Å²) < 4.78 is 5.28. The molecule has 3 N–H and O–H groups in total. The van der Waals surface area contributed by atoms with E-state index >= 15 is 0 Å². The van der Waals surface area contributed by atoms with E-state index in [1.54, 1.807) is 12.1 Å². The van der Waals surface area contributed by atoms with Gasteiger partial charge in [0.25, 0.3) is 0 Å². The molecule has 0 aliphatic carbocycles. The van der Waals surface area contributed by atoms with Crippen LogP contribution in [-0.4, -0.2) is 35.7 Å².